The second kappa shape index (κ2) is 7.32. The number of amides is 1. The summed E-state index contributed by atoms with van der Waals surface area (Å²) in [5.41, 5.74) is 4.72. The van der Waals surface area contributed by atoms with Crippen molar-refractivity contribution >= 4 is 12.0 Å². The lowest BCUT2D eigenvalue weighted by Crippen LogP contribution is -2.32. The molecule has 0 aromatic heterocycles. The fourth-order valence-electron chi connectivity index (χ4n) is 3.77. The number of phenolic OH excluding ortho intramolecular Hbond substituents is 2. The van der Waals surface area contributed by atoms with Crippen molar-refractivity contribution in [2.24, 2.45) is 0 Å². The molecule has 3 N–H and O–H groups in total. The van der Waals surface area contributed by atoms with Gasteiger partial charge in [-0.05, 0) is 49.6 Å². The molecule has 2 aromatic carbocycles. The third-order valence-electron chi connectivity index (χ3n) is 5.27. The molecule has 2 aliphatic heterocycles. The van der Waals surface area contributed by atoms with Crippen LogP contribution in [0.15, 0.2) is 42.5 Å². The number of hydrogen-bond donors (Lipinski definition) is 3. The van der Waals surface area contributed by atoms with E-state index in [4.69, 9.17) is 4.84 Å². The Kier molecular flexibility index (Phi) is 4.73. The quantitative estimate of drug-likeness (QED) is 0.778. The van der Waals surface area contributed by atoms with Gasteiger partial charge in [-0.3, -0.25) is 9.69 Å². The Bertz CT molecular complexity index is 886. The van der Waals surface area contributed by atoms with E-state index in [-0.39, 0.29) is 17.4 Å². The summed E-state index contributed by atoms with van der Waals surface area (Å²) >= 11 is 0. The highest BCUT2D eigenvalue weighted by Crippen LogP contribution is 2.37. The van der Waals surface area contributed by atoms with Crippen LogP contribution >= 0.6 is 0 Å². The lowest BCUT2D eigenvalue weighted by Gasteiger charge is -2.32. The van der Waals surface area contributed by atoms with Crippen LogP contribution in [0.25, 0.3) is 6.08 Å². The molecular formula is C21H22N2O4. The van der Waals surface area contributed by atoms with E-state index in [1.807, 2.05) is 30.3 Å². The molecule has 27 heavy (non-hydrogen) atoms. The van der Waals surface area contributed by atoms with Crippen LogP contribution in [0.2, 0.25) is 0 Å². The molecule has 2 aromatic rings. The minimum absolute atomic E-state index is 0.0576. The summed E-state index contributed by atoms with van der Waals surface area (Å²) in [4.78, 5) is 18.9. The fourth-order valence-corrected chi connectivity index (χ4v) is 3.77. The van der Waals surface area contributed by atoms with E-state index in [1.54, 1.807) is 12.1 Å². The van der Waals surface area contributed by atoms with E-state index >= 15 is 0 Å². The summed E-state index contributed by atoms with van der Waals surface area (Å²) in [7, 11) is 0. The molecule has 0 atom stereocenters. The predicted octanol–water partition coefficient (Wildman–Crippen LogP) is 2.91. The molecule has 6 heteroatoms. The Labute approximate surface area is 157 Å². The summed E-state index contributed by atoms with van der Waals surface area (Å²) in [5.74, 6) is 0.692. The number of aromatic hydroxyl groups is 2. The smallest absolute Gasteiger partial charge is 0.276 e. The largest absolute Gasteiger partial charge is 0.508 e. The van der Waals surface area contributed by atoms with Gasteiger partial charge in [0.1, 0.15) is 5.75 Å². The average Bonchev–Trinajstić information content (AvgIpc) is 2.87. The third-order valence-corrected chi connectivity index (χ3v) is 5.27. The second-order valence-electron chi connectivity index (χ2n) is 7.00. The molecule has 0 spiro atoms. The van der Waals surface area contributed by atoms with Gasteiger partial charge in [0.05, 0.1) is 0 Å². The minimum atomic E-state index is -0.363. The molecule has 0 bridgehead atoms. The molecule has 0 aliphatic carbocycles. The number of likely N-dealkylation sites (tertiary alicyclic amines) is 1. The van der Waals surface area contributed by atoms with Crippen LogP contribution in [0.1, 0.15) is 35.4 Å². The van der Waals surface area contributed by atoms with Crippen LogP contribution in [-0.4, -0.2) is 34.1 Å². The highest BCUT2D eigenvalue weighted by Gasteiger charge is 2.24. The van der Waals surface area contributed by atoms with Crippen molar-refractivity contribution in [2.45, 2.75) is 25.3 Å². The molecule has 6 nitrogen and oxygen atoms in total. The van der Waals surface area contributed by atoms with E-state index in [0.717, 1.165) is 37.1 Å². The van der Waals surface area contributed by atoms with E-state index < -0.39 is 0 Å². The monoisotopic (exact) mass is 366 g/mol. The van der Waals surface area contributed by atoms with E-state index in [2.05, 4.69) is 10.4 Å². The maximum absolute atomic E-state index is 11.4. The van der Waals surface area contributed by atoms with Gasteiger partial charge >= 0.3 is 0 Å². The highest BCUT2D eigenvalue weighted by atomic mass is 16.7. The molecule has 0 saturated carbocycles. The van der Waals surface area contributed by atoms with Gasteiger partial charge in [0.15, 0.2) is 5.75 Å². The predicted molar refractivity (Wildman–Crippen MR) is 101 cm³/mol. The van der Waals surface area contributed by atoms with Gasteiger partial charge in [-0.25, -0.2) is 0 Å². The number of rotatable bonds is 3. The number of piperidine rings is 1. The number of para-hydroxylation sites is 1. The van der Waals surface area contributed by atoms with E-state index in [1.165, 1.54) is 6.08 Å². The lowest BCUT2D eigenvalue weighted by atomic mass is 9.88. The number of nitrogens with zero attached hydrogens (tertiary/aromatic N) is 1. The molecule has 1 amide bonds. The molecule has 0 unspecified atom stereocenters. The number of nitrogens with one attached hydrogen (secondary N) is 1. The van der Waals surface area contributed by atoms with Gasteiger partial charge in [0, 0.05) is 23.7 Å². The number of carbonyl (C=O) groups is 1. The van der Waals surface area contributed by atoms with Gasteiger partial charge in [-0.15, -0.1) is 0 Å². The molecule has 1 fully saturated rings. The number of phenols is 2. The zero-order valence-electron chi connectivity index (χ0n) is 14.9. The topological polar surface area (TPSA) is 82.0 Å². The zero-order chi connectivity index (χ0) is 18.8. The van der Waals surface area contributed by atoms with Crippen LogP contribution in [0.5, 0.6) is 17.2 Å². The number of fused-ring (bicyclic) bond motifs is 1. The minimum Gasteiger partial charge on any atom is -0.508 e. The van der Waals surface area contributed by atoms with Gasteiger partial charge in [0.2, 0.25) is 5.75 Å². The average molecular weight is 366 g/mol. The summed E-state index contributed by atoms with van der Waals surface area (Å²) in [5, 5.41) is 20.6. The van der Waals surface area contributed by atoms with Crippen molar-refractivity contribution in [2.75, 3.05) is 13.1 Å². The van der Waals surface area contributed by atoms with Crippen molar-refractivity contribution in [3.8, 4) is 17.2 Å². The second-order valence-corrected chi connectivity index (χ2v) is 7.00. The van der Waals surface area contributed by atoms with Crippen molar-refractivity contribution < 1.29 is 19.8 Å². The van der Waals surface area contributed by atoms with Crippen molar-refractivity contribution in [3.63, 3.8) is 0 Å². The standard InChI is InChI=1S/C21H22N2O4/c24-18-4-2-1-3-17(18)14-9-11-23(12-10-14)13-16-6-5-15-7-8-19(25)22-27-21(15)20(16)26/h1-8,14,24,26H,9-13H2,(H,22,25). The van der Waals surface area contributed by atoms with E-state index in [0.29, 0.717) is 23.8 Å². The first-order valence-electron chi connectivity index (χ1n) is 9.12. The number of carbonyl (C=O) groups excluding carboxylic acids is 1. The first kappa shape index (κ1) is 17.4. The Morgan fingerprint density at radius 3 is 2.63 bits per heavy atom. The van der Waals surface area contributed by atoms with Gasteiger partial charge in [-0.2, -0.15) is 5.48 Å². The van der Waals surface area contributed by atoms with Crippen LogP contribution < -0.4 is 10.3 Å². The van der Waals surface area contributed by atoms with E-state index in [9.17, 15) is 15.0 Å². The normalized spacial score (nSPS) is 17.7. The molecule has 0 radical (unpaired) electrons. The van der Waals surface area contributed by atoms with Crippen LogP contribution in [-0.2, 0) is 11.3 Å². The highest BCUT2D eigenvalue weighted by molar-refractivity contribution is 5.92. The first-order valence-corrected chi connectivity index (χ1v) is 9.12. The lowest BCUT2D eigenvalue weighted by molar-refractivity contribution is -0.122. The number of hydroxylamine groups is 1. The SMILES string of the molecule is O=C1C=Cc2ccc(CN3CCC(c4ccccc4O)CC3)c(O)c2ON1. The van der Waals surface area contributed by atoms with Crippen molar-refractivity contribution in [1.29, 1.82) is 0 Å². The maximum Gasteiger partial charge on any atom is 0.276 e. The number of hydrogen-bond acceptors (Lipinski definition) is 5. The molecular weight excluding hydrogens is 344 g/mol. The molecule has 140 valence electrons. The molecule has 2 aliphatic rings. The summed E-state index contributed by atoms with van der Waals surface area (Å²) in [6.07, 6.45) is 4.91. The maximum atomic E-state index is 11.4. The summed E-state index contributed by atoms with van der Waals surface area (Å²) in [6, 6.07) is 11.2. The summed E-state index contributed by atoms with van der Waals surface area (Å²) < 4.78 is 0. The first-order chi connectivity index (χ1) is 13.1. The van der Waals surface area contributed by atoms with Crippen molar-refractivity contribution in [1.82, 2.24) is 10.4 Å². The van der Waals surface area contributed by atoms with Crippen molar-refractivity contribution in [3.05, 3.63) is 59.2 Å². The fraction of sp³-hybridized carbons (Fsp3) is 0.286. The van der Waals surface area contributed by atoms with Gasteiger partial charge in [0.25, 0.3) is 5.91 Å². The summed E-state index contributed by atoms with van der Waals surface area (Å²) in [6.45, 7) is 2.37. The Hall–Kier alpha value is -2.99. The number of benzene rings is 2. The van der Waals surface area contributed by atoms with Crippen LogP contribution in [0.4, 0.5) is 0 Å². The Morgan fingerprint density at radius 2 is 1.85 bits per heavy atom. The zero-order valence-corrected chi connectivity index (χ0v) is 14.9. The molecule has 4 rings (SSSR count). The Morgan fingerprint density at radius 1 is 1.07 bits per heavy atom. The third kappa shape index (κ3) is 3.61. The van der Waals surface area contributed by atoms with Gasteiger partial charge in [-0.1, -0.05) is 30.3 Å². The van der Waals surface area contributed by atoms with Crippen LogP contribution in [0.3, 0.4) is 0 Å². The van der Waals surface area contributed by atoms with Crippen LogP contribution in [0, 0.1) is 0 Å². The molecule has 1 saturated heterocycles. The molecule has 2 heterocycles. The Balaban J connectivity index is 1.44. The van der Waals surface area contributed by atoms with Gasteiger partial charge < -0.3 is 15.1 Å².